The molecule has 1 saturated heterocycles. The first-order valence-electron chi connectivity index (χ1n) is 8.51. The predicted molar refractivity (Wildman–Crippen MR) is 103 cm³/mol. The number of carbonyl (C=O) groups is 1. The second-order valence-corrected chi connectivity index (χ2v) is 15.8. The van der Waals surface area contributed by atoms with E-state index in [2.05, 4.69) is 15.9 Å². The van der Waals surface area contributed by atoms with Crippen LogP contribution in [0.15, 0.2) is 27.6 Å². The molecule has 1 aromatic carbocycles. The molecular formula is C17H21AsBrF3NO4S. The fourth-order valence-corrected chi connectivity index (χ4v) is 10.5. The molecule has 1 heterocycles. The first kappa shape index (κ1) is 23.5. The SMILES string of the molecule is CC(C)(C)OC(=O)N1CCC([As]S(=O)(=O)c2ccc(Br)cc2C(F)(F)F)CC1. The van der Waals surface area contributed by atoms with E-state index < -0.39 is 51.0 Å². The average molecular weight is 547 g/mol. The standard InChI is InChI=1S/C17H21AsBrF3NO4S/c1-16(2,3)27-15(24)23-8-6-11(7-9-23)18-28(25,26)14-5-4-12(19)10-13(14)17(20,21)22/h4-5,10-11H,6-9H2,1-3H3. The van der Waals surface area contributed by atoms with Crippen molar-refractivity contribution in [3.05, 3.63) is 28.2 Å². The van der Waals surface area contributed by atoms with Gasteiger partial charge in [-0.25, -0.2) is 0 Å². The van der Waals surface area contributed by atoms with Gasteiger partial charge in [0.05, 0.1) is 0 Å². The molecule has 1 radical (unpaired) electrons. The molecule has 2 rings (SSSR count). The van der Waals surface area contributed by atoms with Gasteiger partial charge in [-0.05, 0) is 0 Å². The summed E-state index contributed by atoms with van der Waals surface area (Å²) in [5.41, 5.74) is -1.78. The number of carbonyl (C=O) groups excluding carboxylic acids is 1. The number of nitrogens with zero attached hydrogens (tertiary/aromatic N) is 1. The first-order chi connectivity index (χ1) is 12.7. The van der Waals surface area contributed by atoms with Crippen molar-refractivity contribution in [3.8, 4) is 0 Å². The molecule has 157 valence electrons. The van der Waals surface area contributed by atoms with Crippen molar-refractivity contribution in [2.45, 2.75) is 55.0 Å². The first-order valence-corrected chi connectivity index (χ1v) is 14.1. The quantitative estimate of drug-likeness (QED) is 0.516. The molecule has 0 spiro atoms. The van der Waals surface area contributed by atoms with E-state index in [0.29, 0.717) is 25.9 Å². The van der Waals surface area contributed by atoms with Gasteiger partial charge in [-0.3, -0.25) is 0 Å². The Morgan fingerprint density at radius 2 is 1.79 bits per heavy atom. The average Bonchev–Trinajstić information content (AvgIpc) is 2.52. The number of alkyl halides is 3. The molecular weight excluding hydrogens is 526 g/mol. The van der Waals surface area contributed by atoms with Crippen LogP contribution in [0.2, 0.25) is 4.71 Å². The molecule has 0 N–H and O–H groups in total. The molecule has 5 nitrogen and oxygen atoms in total. The molecule has 1 amide bonds. The Bertz CT molecular complexity index is 832. The third kappa shape index (κ3) is 6.39. The predicted octanol–water partition coefficient (Wildman–Crippen LogP) is 4.68. The second kappa shape index (κ2) is 8.56. The van der Waals surface area contributed by atoms with E-state index in [1.54, 1.807) is 20.8 Å². The molecule has 1 aliphatic heterocycles. The van der Waals surface area contributed by atoms with E-state index in [1.807, 2.05) is 0 Å². The Morgan fingerprint density at radius 3 is 2.29 bits per heavy atom. The van der Waals surface area contributed by atoms with Gasteiger partial charge in [0.2, 0.25) is 0 Å². The summed E-state index contributed by atoms with van der Waals surface area (Å²) in [6.07, 6.45) is -4.36. The van der Waals surface area contributed by atoms with Crippen LogP contribution in [0.3, 0.4) is 0 Å². The van der Waals surface area contributed by atoms with Gasteiger partial charge in [0.25, 0.3) is 0 Å². The molecule has 1 aliphatic rings. The summed E-state index contributed by atoms with van der Waals surface area (Å²) in [7, 11) is -4.04. The van der Waals surface area contributed by atoms with Gasteiger partial charge in [0.1, 0.15) is 0 Å². The van der Waals surface area contributed by atoms with Gasteiger partial charge < -0.3 is 0 Å². The topological polar surface area (TPSA) is 63.7 Å². The molecule has 0 aromatic heterocycles. The number of hydrogen-bond donors (Lipinski definition) is 0. The number of benzene rings is 1. The number of halogens is 4. The van der Waals surface area contributed by atoms with Crippen LogP contribution in [0.25, 0.3) is 0 Å². The fraction of sp³-hybridized carbons (Fsp3) is 0.588. The van der Waals surface area contributed by atoms with E-state index in [0.717, 1.165) is 12.1 Å². The number of likely N-dealkylation sites (tertiary alicyclic amines) is 1. The Kier molecular flexibility index (Phi) is 7.20. The third-order valence-corrected chi connectivity index (χ3v) is 11.9. The Balaban J connectivity index is 2.08. The van der Waals surface area contributed by atoms with Gasteiger partial charge in [0.15, 0.2) is 0 Å². The zero-order valence-electron chi connectivity index (χ0n) is 15.6. The molecule has 0 saturated carbocycles. The van der Waals surface area contributed by atoms with E-state index in [1.165, 1.54) is 11.0 Å². The van der Waals surface area contributed by atoms with E-state index in [-0.39, 0.29) is 9.18 Å². The maximum atomic E-state index is 13.3. The summed E-state index contributed by atoms with van der Waals surface area (Å²) in [6.45, 7) is 5.93. The Labute approximate surface area is 176 Å². The summed E-state index contributed by atoms with van der Waals surface area (Å²) in [5.74, 6) is 0. The molecule has 0 aliphatic carbocycles. The van der Waals surface area contributed by atoms with Crippen molar-refractivity contribution in [3.63, 3.8) is 0 Å². The summed E-state index contributed by atoms with van der Waals surface area (Å²) in [5, 5.41) is 0. The van der Waals surface area contributed by atoms with Crippen LogP contribution in [-0.2, 0) is 19.0 Å². The van der Waals surface area contributed by atoms with Gasteiger partial charge in [0, 0.05) is 0 Å². The normalized spacial score (nSPS) is 17.3. The van der Waals surface area contributed by atoms with Crippen LogP contribution in [0, 0.1) is 0 Å². The van der Waals surface area contributed by atoms with E-state index >= 15 is 0 Å². The summed E-state index contributed by atoms with van der Waals surface area (Å²) in [4.78, 5) is 12.9. The van der Waals surface area contributed by atoms with Crippen molar-refractivity contribution in [1.29, 1.82) is 0 Å². The number of amides is 1. The van der Waals surface area contributed by atoms with Crippen LogP contribution in [-0.4, -0.2) is 52.7 Å². The minimum absolute atomic E-state index is 0.167. The van der Waals surface area contributed by atoms with Gasteiger partial charge in [-0.1, -0.05) is 0 Å². The number of ether oxygens (including phenoxy) is 1. The van der Waals surface area contributed by atoms with Crippen LogP contribution < -0.4 is 0 Å². The van der Waals surface area contributed by atoms with Crippen molar-refractivity contribution >= 4 is 44.7 Å². The molecule has 28 heavy (non-hydrogen) atoms. The number of hydrogen-bond acceptors (Lipinski definition) is 4. The maximum absolute atomic E-state index is 13.3. The second-order valence-electron chi connectivity index (χ2n) is 7.42. The van der Waals surface area contributed by atoms with Gasteiger partial charge >= 0.3 is 177 Å². The molecule has 1 aromatic rings. The van der Waals surface area contributed by atoms with Crippen LogP contribution in [0.1, 0.15) is 39.2 Å². The third-order valence-electron chi connectivity index (χ3n) is 3.93. The van der Waals surface area contributed by atoms with Crippen LogP contribution in [0.5, 0.6) is 0 Å². The van der Waals surface area contributed by atoms with E-state index in [4.69, 9.17) is 4.74 Å². The minimum atomic E-state index is -4.76. The van der Waals surface area contributed by atoms with E-state index in [9.17, 15) is 26.4 Å². The summed E-state index contributed by atoms with van der Waals surface area (Å²) < 4.78 is 70.5. The zero-order valence-corrected chi connectivity index (χ0v) is 19.9. The molecule has 11 heteroatoms. The molecule has 0 atom stereocenters. The van der Waals surface area contributed by atoms with Gasteiger partial charge in [-0.15, -0.1) is 0 Å². The van der Waals surface area contributed by atoms with Crippen LogP contribution in [0.4, 0.5) is 18.0 Å². The van der Waals surface area contributed by atoms with Crippen LogP contribution >= 0.6 is 15.9 Å². The number of rotatable bonds is 3. The molecule has 0 unspecified atom stereocenters. The van der Waals surface area contributed by atoms with Crippen molar-refractivity contribution in [2.75, 3.05) is 13.1 Å². The fourth-order valence-electron chi connectivity index (χ4n) is 2.68. The monoisotopic (exact) mass is 546 g/mol. The van der Waals surface area contributed by atoms with Crippen molar-refractivity contribution in [2.24, 2.45) is 0 Å². The molecule has 0 bridgehead atoms. The zero-order chi connectivity index (χ0) is 21.3. The Hall–Kier alpha value is -0.732. The molecule has 1 fully saturated rings. The van der Waals surface area contributed by atoms with Crippen molar-refractivity contribution in [1.82, 2.24) is 4.90 Å². The summed E-state index contributed by atoms with van der Waals surface area (Å²) in [6, 6.07) is 3.10. The van der Waals surface area contributed by atoms with Gasteiger partial charge in [-0.2, -0.15) is 0 Å². The summed E-state index contributed by atoms with van der Waals surface area (Å²) >= 11 is 1.55. The number of piperidine rings is 1. The van der Waals surface area contributed by atoms with Crippen molar-refractivity contribution < 1.29 is 31.1 Å². The Morgan fingerprint density at radius 1 is 1.21 bits per heavy atom.